The molecule has 0 aliphatic rings. The number of hydrogen-bond donors (Lipinski definition) is 1. The number of benzene rings is 1. The minimum atomic E-state index is -0.569. The first-order valence-corrected chi connectivity index (χ1v) is 5.98. The molecule has 6 heteroatoms. The summed E-state index contributed by atoms with van der Waals surface area (Å²) in [5.74, 6) is -0.0695. The lowest BCUT2D eigenvalue weighted by Gasteiger charge is -2.09. The Morgan fingerprint density at radius 3 is 2.25 bits per heavy atom. The molecule has 1 aromatic heterocycles. The molecule has 0 aliphatic heterocycles. The maximum atomic E-state index is 12.1. The second-order valence-electron chi connectivity index (χ2n) is 4.48. The lowest BCUT2D eigenvalue weighted by molar-refractivity contribution is -0.124. The van der Waals surface area contributed by atoms with Gasteiger partial charge in [0.15, 0.2) is 11.5 Å². The average Bonchev–Trinajstić information content (AvgIpc) is 2.86. The smallest absolute Gasteiger partial charge is 0.294 e. The molecule has 1 N–H and O–H groups in total. The summed E-state index contributed by atoms with van der Waals surface area (Å²) in [4.78, 5) is 28.1. The standard InChI is InChI=1S/C14H16N2O4/c1-16(2)14(18)13(17)9-7-15-10-6-12(20-4)11(19-3)5-8(9)10/h5-7,15H,1-4H3. The molecule has 0 saturated carbocycles. The van der Waals surface area contributed by atoms with Gasteiger partial charge in [-0.2, -0.15) is 0 Å². The largest absolute Gasteiger partial charge is 0.493 e. The molecular weight excluding hydrogens is 260 g/mol. The van der Waals surface area contributed by atoms with Gasteiger partial charge in [0.2, 0.25) is 0 Å². The van der Waals surface area contributed by atoms with Gasteiger partial charge < -0.3 is 19.4 Å². The van der Waals surface area contributed by atoms with Gasteiger partial charge in [-0.1, -0.05) is 0 Å². The van der Waals surface area contributed by atoms with Crippen molar-refractivity contribution in [2.75, 3.05) is 28.3 Å². The van der Waals surface area contributed by atoms with Crippen molar-refractivity contribution in [3.8, 4) is 11.5 Å². The van der Waals surface area contributed by atoms with E-state index in [2.05, 4.69) is 4.98 Å². The SMILES string of the molecule is COc1cc2[nH]cc(C(=O)C(=O)N(C)C)c2cc1OC. The van der Waals surface area contributed by atoms with Gasteiger partial charge in [0, 0.05) is 31.7 Å². The van der Waals surface area contributed by atoms with E-state index in [9.17, 15) is 9.59 Å². The van der Waals surface area contributed by atoms with Gasteiger partial charge in [-0.25, -0.2) is 0 Å². The number of fused-ring (bicyclic) bond motifs is 1. The van der Waals surface area contributed by atoms with E-state index in [1.165, 1.54) is 25.3 Å². The Hall–Kier alpha value is -2.50. The molecule has 0 radical (unpaired) electrons. The highest BCUT2D eigenvalue weighted by atomic mass is 16.5. The molecular formula is C14H16N2O4. The van der Waals surface area contributed by atoms with E-state index in [0.717, 1.165) is 0 Å². The number of aromatic amines is 1. The fraction of sp³-hybridized carbons (Fsp3) is 0.286. The highest BCUT2D eigenvalue weighted by molar-refractivity contribution is 6.44. The summed E-state index contributed by atoms with van der Waals surface area (Å²) in [6.07, 6.45) is 1.52. The third-order valence-electron chi connectivity index (χ3n) is 3.03. The second kappa shape index (κ2) is 5.24. The van der Waals surface area contributed by atoms with Crippen LogP contribution in [0.25, 0.3) is 10.9 Å². The molecule has 0 saturated heterocycles. The van der Waals surface area contributed by atoms with Crippen LogP contribution in [0.3, 0.4) is 0 Å². The zero-order valence-electron chi connectivity index (χ0n) is 11.8. The van der Waals surface area contributed by atoms with E-state index in [0.29, 0.717) is 28.0 Å². The normalized spacial score (nSPS) is 10.4. The number of carbonyl (C=O) groups is 2. The van der Waals surface area contributed by atoms with E-state index in [4.69, 9.17) is 9.47 Å². The van der Waals surface area contributed by atoms with Crippen LogP contribution in [0.5, 0.6) is 11.5 Å². The molecule has 0 aliphatic carbocycles. The van der Waals surface area contributed by atoms with Gasteiger partial charge in [-0.15, -0.1) is 0 Å². The number of aromatic nitrogens is 1. The van der Waals surface area contributed by atoms with Crippen molar-refractivity contribution in [3.05, 3.63) is 23.9 Å². The third-order valence-corrected chi connectivity index (χ3v) is 3.03. The molecule has 0 fully saturated rings. The average molecular weight is 276 g/mol. The van der Waals surface area contributed by atoms with E-state index >= 15 is 0 Å². The third kappa shape index (κ3) is 2.20. The second-order valence-corrected chi connectivity index (χ2v) is 4.48. The molecule has 1 heterocycles. The van der Waals surface area contributed by atoms with Crippen LogP contribution in [0, 0.1) is 0 Å². The summed E-state index contributed by atoms with van der Waals surface area (Å²) >= 11 is 0. The predicted octanol–water partition coefficient (Wildman–Crippen LogP) is 1.46. The van der Waals surface area contributed by atoms with Crippen LogP contribution in [0.4, 0.5) is 0 Å². The van der Waals surface area contributed by atoms with Gasteiger partial charge >= 0.3 is 0 Å². The predicted molar refractivity (Wildman–Crippen MR) is 74.4 cm³/mol. The van der Waals surface area contributed by atoms with E-state index in [1.54, 1.807) is 26.2 Å². The monoisotopic (exact) mass is 276 g/mol. The summed E-state index contributed by atoms with van der Waals surface area (Å²) < 4.78 is 10.4. The summed E-state index contributed by atoms with van der Waals surface area (Å²) in [6, 6.07) is 3.41. The Morgan fingerprint density at radius 2 is 1.70 bits per heavy atom. The van der Waals surface area contributed by atoms with Crippen LogP contribution < -0.4 is 9.47 Å². The number of carbonyl (C=O) groups excluding carboxylic acids is 2. The first kappa shape index (κ1) is 13.9. The van der Waals surface area contributed by atoms with E-state index in [-0.39, 0.29) is 0 Å². The lowest BCUT2D eigenvalue weighted by atomic mass is 10.1. The van der Waals surface area contributed by atoms with Gasteiger partial charge in [0.1, 0.15) is 0 Å². The Morgan fingerprint density at radius 1 is 1.10 bits per heavy atom. The first-order chi connectivity index (χ1) is 9.49. The Balaban J connectivity index is 2.56. The Labute approximate surface area is 116 Å². The lowest BCUT2D eigenvalue weighted by Crippen LogP contribution is -2.29. The Kier molecular flexibility index (Phi) is 3.65. The first-order valence-electron chi connectivity index (χ1n) is 5.98. The van der Waals surface area contributed by atoms with Crippen LogP contribution in [0.15, 0.2) is 18.3 Å². The quantitative estimate of drug-likeness (QED) is 0.678. The summed E-state index contributed by atoms with van der Waals surface area (Å²) in [6.45, 7) is 0. The van der Waals surface area contributed by atoms with Crippen molar-refractivity contribution in [3.63, 3.8) is 0 Å². The number of nitrogens with zero attached hydrogens (tertiary/aromatic N) is 1. The highest BCUT2D eigenvalue weighted by Crippen LogP contribution is 2.33. The number of likely N-dealkylation sites (N-methyl/N-ethyl adjacent to an activating group) is 1. The van der Waals surface area contributed by atoms with E-state index in [1.807, 2.05) is 0 Å². The molecule has 1 amide bonds. The molecule has 1 aromatic carbocycles. The zero-order chi connectivity index (χ0) is 14.9. The van der Waals surface area contributed by atoms with E-state index < -0.39 is 11.7 Å². The number of rotatable bonds is 4. The summed E-state index contributed by atoms with van der Waals surface area (Å²) in [7, 11) is 6.13. The number of ether oxygens (including phenoxy) is 2. The molecule has 2 aromatic rings. The molecule has 106 valence electrons. The van der Waals surface area contributed by atoms with Crippen LogP contribution >= 0.6 is 0 Å². The number of Topliss-reactive ketones (excluding diaryl/α,β-unsaturated/α-hetero) is 1. The molecule has 20 heavy (non-hydrogen) atoms. The molecule has 0 unspecified atom stereocenters. The van der Waals surface area contributed by atoms with Crippen molar-refractivity contribution < 1.29 is 19.1 Å². The van der Waals surface area contributed by atoms with Crippen molar-refractivity contribution in [1.29, 1.82) is 0 Å². The minimum absolute atomic E-state index is 0.319. The van der Waals surface area contributed by atoms with Crippen LogP contribution in [0.2, 0.25) is 0 Å². The van der Waals surface area contributed by atoms with Crippen molar-refractivity contribution >= 4 is 22.6 Å². The van der Waals surface area contributed by atoms with Crippen molar-refractivity contribution in [1.82, 2.24) is 9.88 Å². The summed E-state index contributed by atoms with van der Waals surface area (Å²) in [5, 5.41) is 0.628. The topological polar surface area (TPSA) is 71.6 Å². The van der Waals surface area contributed by atoms with Gasteiger partial charge in [-0.05, 0) is 6.07 Å². The fourth-order valence-electron chi connectivity index (χ4n) is 1.96. The van der Waals surface area contributed by atoms with Crippen LogP contribution in [0.1, 0.15) is 10.4 Å². The van der Waals surface area contributed by atoms with Crippen molar-refractivity contribution in [2.24, 2.45) is 0 Å². The molecule has 2 rings (SSSR count). The number of ketones is 1. The highest BCUT2D eigenvalue weighted by Gasteiger charge is 2.22. The van der Waals surface area contributed by atoms with Crippen LogP contribution in [-0.4, -0.2) is 49.9 Å². The van der Waals surface area contributed by atoms with Gasteiger partial charge in [0.25, 0.3) is 11.7 Å². The maximum Gasteiger partial charge on any atom is 0.294 e. The molecule has 0 spiro atoms. The van der Waals surface area contributed by atoms with Crippen LogP contribution in [-0.2, 0) is 4.79 Å². The number of methoxy groups -OCH3 is 2. The molecule has 0 atom stereocenters. The number of amides is 1. The minimum Gasteiger partial charge on any atom is -0.493 e. The number of nitrogens with one attached hydrogen (secondary N) is 1. The van der Waals surface area contributed by atoms with Gasteiger partial charge in [0.05, 0.1) is 25.3 Å². The molecule has 6 nitrogen and oxygen atoms in total. The van der Waals surface area contributed by atoms with Crippen molar-refractivity contribution in [2.45, 2.75) is 0 Å². The zero-order valence-corrected chi connectivity index (χ0v) is 11.8. The maximum absolute atomic E-state index is 12.1. The summed E-state index contributed by atoms with van der Waals surface area (Å²) in [5.41, 5.74) is 1.03. The molecule has 0 bridgehead atoms. The number of hydrogen-bond acceptors (Lipinski definition) is 4. The van der Waals surface area contributed by atoms with Gasteiger partial charge in [-0.3, -0.25) is 9.59 Å². The number of H-pyrrole nitrogens is 1. The Bertz CT molecular complexity index is 673. The fourth-order valence-corrected chi connectivity index (χ4v) is 1.96.